The fourth-order valence-corrected chi connectivity index (χ4v) is 3.06. The number of ether oxygens (including phenoxy) is 2. The van der Waals surface area contributed by atoms with Crippen LogP contribution in [0.5, 0.6) is 11.5 Å². The first-order valence-corrected chi connectivity index (χ1v) is 8.29. The van der Waals surface area contributed by atoms with Gasteiger partial charge in [0.05, 0.1) is 12.5 Å². The molecule has 2 aliphatic heterocycles. The van der Waals surface area contributed by atoms with Crippen LogP contribution in [0.2, 0.25) is 0 Å². The van der Waals surface area contributed by atoms with Crippen molar-refractivity contribution in [3.05, 3.63) is 23.8 Å². The van der Waals surface area contributed by atoms with Gasteiger partial charge in [0, 0.05) is 13.1 Å². The van der Waals surface area contributed by atoms with Gasteiger partial charge in [-0.25, -0.2) is 0 Å². The molecule has 1 aromatic rings. The van der Waals surface area contributed by atoms with Crippen LogP contribution in [0.15, 0.2) is 18.2 Å². The normalized spacial score (nSPS) is 19.9. The third-order valence-electron chi connectivity index (χ3n) is 4.38. The maximum atomic E-state index is 12.0. The van der Waals surface area contributed by atoms with Crippen LogP contribution in [0.3, 0.4) is 0 Å². The summed E-state index contributed by atoms with van der Waals surface area (Å²) in [5, 5.41) is 2.91. The molecule has 7 nitrogen and oxygen atoms in total. The number of rotatable bonds is 6. The van der Waals surface area contributed by atoms with E-state index < -0.39 is 0 Å². The predicted octanol–water partition coefficient (Wildman–Crippen LogP) is -0.0763. The van der Waals surface area contributed by atoms with Crippen molar-refractivity contribution in [2.24, 2.45) is 11.7 Å². The predicted molar refractivity (Wildman–Crippen MR) is 87.9 cm³/mol. The molecule has 24 heavy (non-hydrogen) atoms. The lowest BCUT2D eigenvalue weighted by Gasteiger charge is -2.19. The van der Waals surface area contributed by atoms with Gasteiger partial charge in [0.25, 0.3) is 0 Å². The van der Waals surface area contributed by atoms with E-state index in [0.717, 1.165) is 36.4 Å². The minimum Gasteiger partial charge on any atom is -0.486 e. The molecular formula is C17H23N3O4. The summed E-state index contributed by atoms with van der Waals surface area (Å²) in [6.07, 6.45) is 1.46. The van der Waals surface area contributed by atoms with Crippen molar-refractivity contribution in [3.63, 3.8) is 0 Å². The summed E-state index contributed by atoms with van der Waals surface area (Å²) < 4.78 is 11.0. The first kappa shape index (κ1) is 16.6. The van der Waals surface area contributed by atoms with Crippen LogP contribution >= 0.6 is 0 Å². The SMILES string of the molecule is NC(=O)[C@@H]1CCN(CC(=O)NCCc2ccc3c(c2)OCCO3)C1. The number of nitrogens with two attached hydrogens (primary N) is 1. The Balaban J connectivity index is 1.40. The van der Waals surface area contributed by atoms with Gasteiger partial charge in [-0.3, -0.25) is 14.5 Å². The second kappa shape index (κ2) is 7.53. The first-order chi connectivity index (χ1) is 11.6. The van der Waals surface area contributed by atoms with E-state index in [0.29, 0.717) is 32.8 Å². The monoisotopic (exact) mass is 333 g/mol. The van der Waals surface area contributed by atoms with E-state index >= 15 is 0 Å². The van der Waals surface area contributed by atoms with Gasteiger partial charge in [0.2, 0.25) is 11.8 Å². The number of fused-ring (bicyclic) bond motifs is 1. The third kappa shape index (κ3) is 4.17. The summed E-state index contributed by atoms with van der Waals surface area (Å²) >= 11 is 0. The Morgan fingerprint density at radius 1 is 1.25 bits per heavy atom. The van der Waals surface area contributed by atoms with Gasteiger partial charge in [0.1, 0.15) is 13.2 Å². The number of carbonyl (C=O) groups is 2. The molecule has 1 fully saturated rings. The number of hydrogen-bond donors (Lipinski definition) is 2. The lowest BCUT2D eigenvalue weighted by Crippen LogP contribution is -2.37. The van der Waals surface area contributed by atoms with Gasteiger partial charge in [0.15, 0.2) is 11.5 Å². The van der Waals surface area contributed by atoms with Crippen molar-refractivity contribution in [2.75, 3.05) is 39.4 Å². The minimum atomic E-state index is -0.281. The average molecular weight is 333 g/mol. The first-order valence-electron chi connectivity index (χ1n) is 8.29. The van der Waals surface area contributed by atoms with E-state index in [2.05, 4.69) is 5.32 Å². The number of amides is 2. The highest BCUT2D eigenvalue weighted by molar-refractivity contribution is 5.79. The number of benzene rings is 1. The van der Waals surface area contributed by atoms with E-state index in [1.807, 2.05) is 23.1 Å². The average Bonchev–Trinajstić information content (AvgIpc) is 3.03. The van der Waals surface area contributed by atoms with Gasteiger partial charge in [-0.15, -0.1) is 0 Å². The van der Waals surface area contributed by atoms with Gasteiger partial charge < -0.3 is 20.5 Å². The van der Waals surface area contributed by atoms with Crippen molar-refractivity contribution in [1.29, 1.82) is 0 Å². The summed E-state index contributed by atoms with van der Waals surface area (Å²) in [4.78, 5) is 25.1. The van der Waals surface area contributed by atoms with Crippen molar-refractivity contribution in [3.8, 4) is 11.5 Å². The van der Waals surface area contributed by atoms with Crippen LogP contribution in [-0.2, 0) is 16.0 Å². The Morgan fingerprint density at radius 3 is 2.79 bits per heavy atom. The summed E-state index contributed by atoms with van der Waals surface area (Å²) in [5.41, 5.74) is 6.39. The van der Waals surface area contributed by atoms with Crippen LogP contribution in [0.1, 0.15) is 12.0 Å². The molecule has 0 aromatic heterocycles. The number of hydrogen-bond acceptors (Lipinski definition) is 5. The number of nitrogens with one attached hydrogen (secondary N) is 1. The molecule has 0 unspecified atom stereocenters. The Kier molecular flexibility index (Phi) is 5.20. The number of carbonyl (C=O) groups excluding carboxylic acids is 2. The van der Waals surface area contributed by atoms with Crippen LogP contribution in [-0.4, -0.2) is 56.1 Å². The molecule has 3 rings (SSSR count). The molecule has 0 aliphatic carbocycles. The molecule has 2 aliphatic rings. The number of primary amides is 1. The van der Waals surface area contributed by atoms with Crippen LogP contribution in [0.25, 0.3) is 0 Å². The molecule has 0 spiro atoms. The summed E-state index contributed by atoms with van der Waals surface area (Å²) in [6.45, 7) is 3.33. The zero-order valence-corrected chi connectivity index (χ0v) is 13.6. The van der Waals surface area contributed by atoms with Crippen molar-refractivity contribution < 1.29 is 19.1 Å². The van der Waals surface area contributed by atoms with Crippen molar-refractivity contribution in [2.45, 2.75) is 12.8 Å². The molecule has 0 radical (unpaired) electrons. The molecular weight excluding hydrogens is 310 g/mol. The molecule has 2 amide bonds. The highest BCUT2D eigenvalue weighted by Gasteiger charge is 2.27. The largest absolute Gasteiger partial charge is 0.486 e. The molecule has 7 heteroatoms. The van der Waals surface area contributed by atoms with Crippen LogP contribution in [0, 0.1) is 5.92 Å². The third-order valence-corrected chi connectivity index (χ3v) is 4.38. The highest BCUT2D eigenvalue weighted by atomic mass is 16.6. The Labute approximate surface area is 141 Å². The Bertz CT molecular complexity index is 620. The second-order valence-corrected chi connectivity index (χ2v) is 6.20. The number of likely N-dealkylation sites (tertiary alicyclic amines) is 1. The molecule has 130 valence electrons. The lowest BCUT2D eigenvalue weighted by atomic mass is 10.1. The van der Waals surface area contributed by atoms with Gasteiger partial charge in [-0.1, -0.05) is 6.07 Å². The molecule has 1 atom stereocenters. The number of nitrogens with zero attached hydrogens (tertiary/aromatic N) is 1. The van der Waals surface area contributed by atoms with E-state index in [1.165, 1.54) is 0 Å². The van der Waals surface area contributed by atoms with Crippen LogP contribution in [0.4, 0.5) is 0 Å². The minimum absolute atomic E-state index is 0.0299. The molecule has 0 saturated carbocycles. The van der Waals surface area contributed by atoms with Crippen molar-refractivity contribution >= 4 is 11.8 Å². The van der Waals surface area contributed by atoms with E-state index in [9.17, 15) is 9.59 Å². The van der Waals surface area contributed by atoms with E-state index in [1.54, 1.807) is 0 Å². The van der Waals surface area contributed by atoms with Crippen LogP contribution < -0.4 is 20.5 Å². The smallest absolute Gasteiger partial charge is 0.234 e. The molecule has 0 bridgehead atoms. The fraction of sp³-hybridized carbons (Fsp3) is 0.529. The maximum absolute atomic E-state index is 12.0. The van der Waals surface area contributed by atoms with E-state index in [-0.39, 0.29) is 17.7 Å². The quantitative estimate of drug-likeness (QED) is 0.760. The van der Waals surface area contributed by atoms with Gasteiger partial charge in [-0.05, 0) is 37.1 Å². The zero-order valence-electron chi connectivity index (χ0n) is 13.6. The lowest BCUT2D eigenvalue weighted by molar-refractivity contribution is -0.123. The summed E-state index contributed by atoms with van der Waals surface area (Å²) in [7, 11) is 0. The summed E-state index contributed by atoms with van der Waals surface area (Å²) in [5.74, 6) is 1.09. The molecule has 1 aromatic carbocycles. The maximum Gasteiger partial charge on any atom is 0.234 e. The standard InChI is InChI=1S/C17H23N3O4/c18-17(22)13-4-6-20(10-13)11-16(21)19-5-3-12-1-2-14-15(9-12)24-8-7-23-14/h1-2,9,13H,3-8,10-11H2,(H2,18,22)(H,19,21)/t13-/m1/s1. The highest BCUT2D eigenvalue weighted by Crippen LogP contribution is 2.30. The van der Waals surface area contributed by atoms with Gasteiger partial charge in [-0.2, -0.15) is 0 Å². The second-order valence-electron chi connectivity index (χ2n) is 6.20. The van der Waals surface area contributed by atoms with Crippen molar-refractivity contribution in [1.82, 2.24) is 10.2 Å². The molecule has 3 N–H and O–H groups in total. The topological polar surface area (TPSA) is 93.9 Å². The fourth-order valence-electron chi connectivity index (χ4n) is 3.06. The molecule has 2 heterocycles. The van der Waals surface area contributed by atoms with Gasteiger partial charge >= 0.3 is 0 Å². The Morgan fingerprint density at radius 2 is 2.04 bits per heavy atom. The summed E-state index contributed by atoms with van der Waals surface area (Å²) in [6, 6.07) is 5.84. The Hall–Kier alpha value is -2.28. The molecule has 1 saturated heterocycles. The zero-order chi connectivity index (χ0) is 16.9. The van der Waals surface area contributed by atoms with E-state index in [4.69, 9.17) is 15.2 Å².